The maximum absolute atomic E-state index is 13.3. The molecule has 1 atom stereocenters. The van der Waals surface area contributed by atoms with Crippen molar-refractivity contribution in [3.05, 3.63) is 77.3 Å². The molecule has 0 amide bonds. The summed E-state index contributed by atoms with van der Waals surface area (Å²) in [6.45, 7) is 0.200. The van der Waals surface area contributed by atoms with Crippen molar-refractivity contribution in [2.45, 2.75) is 17.5 Å². The van der Waals surface area contributed by atoms with Crippen LogP contribution in [0, 0.1) is 5.82 Å². The number of rotatable bonds is 6. The minimum Gasteiger partial charge on any atom is -0.207 e. The third-order valence-corrected chi connectivity index (χ3v) is 5.27. The van der Waals surface area contributed by atoms with E-state index in [4.69, 9.17) is 11.6 Å². The molecule has 0 aliphatic heterocycles. The van der Waals surface area contributed by atoms with Crippen molar-refractivity contribution in [2.24, 2.45) is 0 Å². The number of benzene rings is 2. The van der Waals surface area contributed by atoms with E-state index in [1.165, 1.54) is 17.2 Å². The molecule has 3 rings (SSSR count). The number of aromatic nitrogens is 3. The van der Waals surface area contributed by atoms with Crippen LogP contribution in [0.25, 0.3) is 0 Å². The quantitative estimate of drug-likeness (QED) is 0.713. The largest absolute Gasteiger partial charge is 0.241 e. The minimum absolute atomic E-state index is 0.117. The molecule has 9 heteroatoms. The zero-order valence-corrected chi connectivity index (χ0v) is 14.5. The van der Waals surface area contributed by atoms with Gasteiger partial charge in [-0.1, -0.05) is 41.9 Å². The number of nitrogens with zero attached hydrogens (tertiary/aromatic N) is 3. The monoisotopic (exact) mass is 380 g/mol. The number of hydrogen-bond acceptors (Lipinski definition) is 4. The molecule has 0 spiro atoms. The van der Waals surface area contributed by atoms with Gasteiger partial charge in [-0.2, -0.15) is 15.0 Å². The molecule has 2 aromatic carbocycles. The van der Waals surface area contributed by atoms with Gasteiger partial charge in [0.05, 0.1) is 34.9 Å². The fourth-order valence-corrected chi connectivity index (χ4v) is 3.78. The molecule has 0 aliphatic carbocycles. The summed E-state index contributed by atoms with van der Waals surface area (Å²) in [4.78, 5) is 1.27. The highest BCUT2D eigenvalue weighted by molar-refractivity contribution is 7.89. The average molecular weight is 381 g/mol. The van der Waals surface area contributed by atoms with Crippen molar-refractivity contribution in [3.63, 3.8) is 0 Å². The highest BCUT2D eigenvalue weighted by Gasteiger charge is 2.23. The normalized spacial score (nSPS) is 12.9. The molecule has 0 saturated heterocycles. The topological polar surface area (TPSA) is 76.9 Å². The summed E-state index contributed by atoms with van der Waals surface area (Å²) in [5, 5.41) is 7.76. The zero-order chi connectivity index (χ0) is 17.9. The molecule has 6 nitrogen and oxygen atoms in total. The molecule has 0 bridgehead atoms. The maximum atomic E-state index is 13.3. The molecule has 1 aromatic heterocycles. The van der Waals surface area contributed by atoms with Crippen LogP contribution in [0.2, 0.25) is 5.02 Å². The van der Waals surface area contributed by atoms with Crippen molar-refractivity contribution >= 4 is 21.6 Å². The maximum Gasteiger partial charge on any atom is 0.241 e. The fraction of sp³-hybridized carbons (Fsp3) is 0.125. The summed E-state index contributed by atoms with van der Waals surface area (Å²) in [6.07, 6.45) is 3.02. The second-order valence-electron chi connectivity index (χ2n) is 5.24. The van der Waals surface area contributed by atoms with Crippen molar-refractivity contribution in [1.29, 1.82) is 0 Å². The molecular weight excluding hydrogens is 367 g/mol. The van der Waals surface area contributed by atoms with E-state index >= 15 is 0 Å². The Labute approximate surface area is 149 Å². The fourth-order valence-electron chi connectivity index (χ4n) is 2.30. The van der Waals surface area contributed by atoms with Gasteiger partial charge in [-0.05, 0) is 23.8 Å². The van der Waals surface area contributed by atoms with Crippen LogP contribution in [0.5, 0.6) is 0 Å². The summed E-state index contributed by atoms with van der Waals surface area (Å²) < 4.78 is 41.2. The average Bonchev–Trinajstić information content (AvgIpc) is 3.10. The number of hydrogen-bond donors (Lipinski definition) is 1. The Morgan fingerprint density at radius 3 is 2.44 bits per heavy atom. The first kappa shape index (κ1) is 17.5. The Morgan fingerprint density at radius 1 is 1.12 bits per heavy atom. The number of sulfonamides is 1. The van der Waals surface area contributed by atoms with Crippen molar-refractivity contribution in [2.75, 3.05) is 0 Å². The van der Waals surface area contributed by atoms with Crippen LogP contribution in [0.15, 0.2) is 65.8 Å². The standard InChI is InChI=1S/C16H14ClFN4O2S/c17-14-10-13(6-7-15(14)18)25(23,24)21-16(11-22-19-8-9-20-22)12-4-2-1-3-5-12/h1-10,16,21H,11H2. The second-order valence-corrected chi connectivity index (χ2v) is 7.37. The molecule has 1 N–H and O–H groups in total. The zero-order valence-electron chi connectivity index (χ0n) is 12.9. The third-order valence-electron chi connectivity index (χ3n) is 3.51. The lowest BCUT2D eigenvalue weighted by molar-refractivity contribution is 0.444. The van der Waals surface area contributed by atoms with E-state index in [1.54, 1.807) is 12.1 Å². The highest BCUT2D eigenvalue weighted by atomic mass is 35.5. The minimum atomic E-state index is -3.92. The van der Waals surface area contributed by atoms with Gasteiger partial charge in [0, 0.05) is 0 Å². The lowest BCUT2D eigenvalue weighted by Crippen LogP contribution is -2.32. The smallest absolute Gasteiger partial charge is 0.207 e. The van der Waals surface area contributed by atoms with Crippen LogP contribution in [-0.4, -0.2) is 23.4 Å². The van der Waals surface area contributed by atoms with Crippen LogP contribution < -0.4 is 4.72 Å². The van der Waals surface area contributed by atoms with Crippen LogP contribution >= 0.6 is 11.6 Å². The van der Waals surface area contributed by atoms with E-state index in [0.29, 0.717) is 0 Å². The summed E-state index contributed by atoms with van der Waals surface area (Å²) in [5.41, 5.74) is 0.747. The van der Waals surface area contributed by atoms with Crippen LogP contribution in [0.4, 0.5) is 4.39 Å². The molecule has 1 heterocycles. The highest BCUT2D eigenvalue weighted by Crippen LogP contribution is 2.22. The van der Waals surface area contributed by atoms with Gasteiger partial charge in [0.15, 0.2) is 0 Å². The lowest BCUT2D eigenvalue weighted by atomic mass is 10.1. The third kappa shape index (κ3) is 4.22. The van der Waals surface area contributed by atoms with E-state index in [2.05, 4.69) is 14.9 Å². The molecule has 0 aliphatic rings. The van der Waals surface area contributed by atoms with Gasteiger partial charge in [-0.15, -0.1) is 0 Å². The van der Waals surface area contributed by atoms with E-state index in [-0.39, 0.29) is 16.5 Å². The molecular formula is C16H14ClFN4O2S. The van der Waals surface area contributed by atoms with Crippen molar-refractivity contribution in [1.82, 2.24) is 19.7 Å². The predicted octanol–water partition coefficient (Wildman–Crippen LogP) is 2.79. The second kappa shape index (κ2) is 7.30. The van der Waals surface area contributed by atoms with Gasteiger partial charge >= 0.3 is 0 Å². The Balaban J connectivity index is 1.92. The van der Waals surface area contributed by atoms with Crippen LogP contribution in [0.3, 0.4) is 0 Å². The Kier molecular flexibility index (Phi) is 5.12. The summed E-state index contributed by atoms with van der Waals surface area (Å²) >= 11 is 5.70. The predicted molar refractivity (Wildman–Crippen MR) is 90.9 cm³/mol. The van der Waals surface area contributed by atoms with Gasteiger partial charge in [0.25, 0.3) is 0 Å². The molecule has 130 valence electrons. The van der Waals surface area contributed by atoms with Gasteiger partial charge in [0.1, 0.15) is 5.82 Å². The van der Waals surface area contributed by atoms with Crippen LogP contribution in [0.1, 0.15) is 11.6 Å². The Hall–Kier alpha value is -2.29. The van der Waals surface area contributed by atoms with Gasteiger partial charge < -0.3 is 0 Å². The first-order chi connectivity index (χ1) is 12.0. The number of halogens is 2. The van der Waals surface area contributed by atoms with E-state index in [9.17, 15) is 12.8 Å². The first-order valence-corrected chi connectivity index (χ1v) is 9.18. The molecule has 1 unspecified atom stereocenters. The number of nitrogens with one attached hydrogen (secondary N) is 1. The Bertz CT molecular complexity index is 950. The summed E-state index contributed by atoms with van der Waals surface area (Å²) in [5.74, 6) is -0.680. The van der Waals surface area contributed by atoms with E-state index in [1.807, 2.05) is 18.2 Å². The van der Waals surface area contributed by atoms with Crippen molar-refractivity contribution < 1.29 is 12.8 Å². The lowest BCUT2D eigenvalue weighted by Gasteiger charge is -2.19. The molecule has 3 aromatic rings. The van der Waals surface area contributed by atoms with Gasteiger partial charge in [-0.3, -0.25) is 0 Å². The van der Waals surface area contributed by atoms with E-state index in [0.717, 1.165) is 23.8 Å². The summed E-state index contributed by atoms with van der Waals surface area (Å²) in [6, 6.07) is 11.7. The van der Waals surface area contributed by atoms with Crippen LogP contribution in [-0.2, 0) is 16.6 Å². The van der Waals surface area contributed by atoms with Gasteiger partial charge in [-0.25, -0.2) is 17.5 Å². The molecule has 0 radical (unpaired) electrons. The molecule has 25 heavy (non-hydrogen) atoms. The Morgan fingerprint density at radius 2 is 1.80 bits per heavy atom. The van der Waals surface area contributed by atoms with Gasteiger partial charge in [0.2, 0.25) is 10.0 Å². The summed E-state index contributed by atoms with van der Waals surface area (Å²) in [7, 11) is -3.92. The van der Waals surface area contributed by atoms with Crippen molar-refractivity contribution in [3.8, 4) is 0 Å². The van der Waals surface area contributed by atoms with E-state index < -0.39 is 21.9 Å². The molecule has 0 fully saturated rings. The SMILES string of the molecule is O=S(=O)(NC(Cn1nccn1)c1ccccc1)c1ccc(F)c(Cl)c1. The first-order valence-electron chi connectivity index (χ1n) is 7.32. The molecule has 0 saturated carbocycles.